The number of hydrogen-bond acceptors (Lipinski definition) is 3. The molecule has 0 spiro atoms. The first-order valence-electron chi connectivity index (χ1n) is 9.59. The van der Waals surface area contributed by atoms with Gasteiger partial charge in [-0.1, -0.05) is 26.0 Å². The quantitative estimate of drug-likeness (QED) is 0.862. The zero-order chi connectivity index (χ0) is 20.4. The predicted octanol–water partition coefficient (Wildman–Crippen LogP) is 2.91. The Balaban J connectivity index is 1.68. The Bertz CT molecular complexity index is 944. The smallest absolute Gasteiger partial charge is 0.335 e. The zero-order valence-corrected chi connectivity index (χ0v) is 16.5. The fourth-order valence-electron chi connectivity index (χ4n) is 3.86. The van der Waals surface area contributed by atoms with Crippen molar-refractivity contribution in [1.82, 2.24) is 9.47 Å². The van der Waals surface area contributed by atoms with Crippen LogP contribution in [0.2, 0.25) is 0 Å². The van der Waals surface area contributed by atoms with Crippen LogP contribution in [0.15, 0.2) is 41.2 Å². The van der Waals surface area contributed by atoms with Gasteiger partial charge in [-0.05, 0) is 54.5 Å². The zero-order valence-electron chi connectivity index (χ0n) is 16.5. The highest BCUT2D eigenvalue weighted by Crippen LogP contribution is 2.23. The highest BCUT2D eigenvalue weighted by molar-refractivity contribution is 5.94. The lowest BCUT2D eigenvalue weighted by molar-refractivity contribution is 0.0696. The van der Waals surface area contributed by atoms with E-state index in [1.165, 1.54) is 0 Å². The van der Waals surface area contributed by atoms with Crippen LogP contribution in [0.1, 0.15) is 58.2 Å². The number of aromatic nitrogens is 1. The van der Waals surface area contributed by atoms with Gasteiger partial charge in [0.05, 0.1) is 5.56 Å². The van der Waals surface area contributed by atoms with Crippen LogP contribution < -0.4 is 5.56 Å². The maximum absolute atomic E-state index is 12.9. The fourth-order valence-corrected chi connectivity index (χ4v) is 3.86. The van der Waals surface area contributed by atoms with Crippen molar-refractivity contribution in [3.8, 4) is 0 Å². The Morgan fingerprint density at radius 3 is 2.43 bits per heavy atom. The van der Waals surface area contributed by atoms with Crippen LogP contribution in [0, 0.1) is 5.92 Å². The second-order valence-corrected chi connectivity index (χ2v) is 7.80. The van der Waals surface area contributed by atoms with E-state index in [-0.39, 0.29) is 28.5 Å². The lowest BCUT2D eigenvalue weighted by atomic mass is 9.98. The number of carbonyl (C=O) groups is 2. The molecule has 6 heteroatoms. The van der Waals surface area contributed by atoms with E-state index in [4.69, 9.17) is 5.11 Å². The van der Waals surface area contributed by atoms with Crippen LogP contribution in [0.25, 0.3) is 0 Å². The molecule has 1 aliphatic rings. The first-order chi connectivity index (χ1) is 13.3. The number of rotatable bonds is 5. The van der Waals surface area contributed by atoms with Crippen LogP contribution in [0.4, 0.5) is 0 Å². The molecule has 3 rings (SSSR count). The molecule has 1 aromatic heterocycles. The second-order valence-electron chi connectivity index (χ2n) is 7.80. The molecule has 1 N–H and O–H groups in total. The minimum absolute atomic E-state index is 0.209. The number of pyridine rings is 1. The Labute approximate surface area is 164 Å². The molecule has 1 atom stereocenters. The summed E-state index contributed by atoms with van der Waals surface area (Å²) < 4.78 is 1.56. The molecule has 0 unspecified atom stereocenters. The third-order valence-electron chi connectivity index (χ3n) is 5.46. The van der Waals surface area contributed by atoms with Crippen molar-refractivity contribution < 1.29 is 14.7 Å². The standard InChI is InChI=1S/C22H26N2O4/c1-14(2)19-9-8-18(20(25)23(19)3)21(26)24-11-10-16(13-24)12-15-4-6-17(7-5-15)22(27)28/h4-9,14,16H,10-13H2,1-3H3,(H,27,28)/t16-/m1/s1. The van der Waals surface area contributed by atoms with Gasteiger partial charge in [0.1, 0.15) is 5.56 Å². The Hall–Kier alpha value is -2.89. The Morgan fingerprint density at radius 2 is 1.82 bits per heavy atom. The number of carboxylic acid groups (broad SMARTS) is 1. The average Bonchev–Trinajstić information content (AvgIpc) is 3.12. The molecule has 1 saturated heterocycles. The van der Waals surface area contributed by atoms with Gasteiger partial charge in [0.15, 0.2) is 0 Å². The molecular formula is C22H26N2O4. The first kappa shape index (κ1) is 19.9. The summed E-state index contributed by atoms with van der Waals surface area (Å²) in [4.78, 5) is 38.2. The normalized spacial score (nSPS) is 16.6. The predicted molar refractivity (Wildman–Crippen MR) is 107 cm³/mol. The third kappa shape index (κ3) is 4.01. The summed E-state index contributed by atoms with van der Waals surface area (Å²) >= 11 is 0. The summed E-state index contributed by atoms with van der Waals surface area (Å²) in [5.74, 6) is -0.627. The Morgan fingerprint density at radius 1 is 1.14 bits per heavy atom. The average molecular weight is 382 g/mol. The van der Waals surface area contributed by atoms with Crippen molar-refractivity contribution in [1.29, 1.82) is 0 Å². The van der Waals surface area contributed by atoms with Gasteiger partial charge in [0, 0.05) is 25.8 Å². The van der Waals surface area contributed by atoms with Crippen molar-refractivity contribution in [3.63, 3.8) is 0 Å². The minimum Gasteiger partial charge on any atom is -0.478 e. The molecule has 2 aromatic rings. The molecule has 0 bridgehead atoms. The highest BCUT2D eigenvalue weighted by Gasteiger charge is 2.28. The van der Waals surface area contributed by atoms with Gasteiger partial charge < -0.3 is 14.6 Å². The maximum atomic E-state index is 12.9. The van der Waals surface area contributed by atoms with E-state index < -0.39 is 5.97 Å². The highest BCUT2D eigenvalue weighted by atomic mass is 16.4. The number of carbonyl (C=O) groups excluding carboxylic acids is 1. The van der Waals surface area contributed by atoms with E-state index in [0.29, 0.717) is 19.0 Å². The summed E-state index contributed by atoms with van der Waals surface area (Å²) in [5, 5.41) is 8.98. The summed E-state index contributed by atoms with van der Waals surface area (Å²) in [6.07, 6.45) is 1.66. The van der Waals surface area contributed by atoms with Crippen molar-refractivity contribution in [2.75, 3.05) is 13.1 Å². The molecule has 0 radical (unpaired) electrons. The summed E-state index contributed by atoms with van der Waals surface area (Å²) in [6.45, 7) is 5.27. The van der Waals surface area contributed by atoms with Gasteiger partial charge in [0.25, 0.3) is 11.5 Å². The number of hydrogen-bond donors (Lipinski definition) is 1. The molecule has 2 heterocycles. The van der Waals surface area contributed by atoms with Crippen molar-refractivity contribution >= 4 is 11.9 Å². The number of aromatic carboxylic acids is 1. The Kier molecular flexibility index (Phi) is 5.68. The fraction of sp³-hybridized carbons (Fsp3) is 0.409. The van der Waals surface area contributed by atoms with Crippen LogP contribution in [0.3, 0.4) is 0 Å². The van der Waals surface area contributed by atoms with Crippen LogP contribution >= 0.6 is 0 Å². The first-order valence-corrected chi connectivity index (χ1v) is 9.59. The molecule has 6 nitrogen and oxygen atoms in total. The minimum atomic E-state index is -0.936. The number of benzene rings is 1. The van der Waals surface area contributed by atoms with E-state index in [9.17, 15) is 14.4 Å². The van der Waals surface area contributed by atoms with E-state index in [1.54, 1.807) is 34.7 Å². The van der Waals surface area contributed by atoms with Crippen molar-refractivity contribution in [2.45, 2.75) is 32.6 Å². The van der Waals surface area contributed by atoms with E-state index in [2.05, 4.69) is 0 Å². The van der Waals surface area contributed by atoms with Crippen molar-refractivity contribution in [2.24, 2.45) is 13.0 Å². The second kappa shape index (κ2) is 8.00. The topological polar surface area (TPSA) is 79.6 Å². The monoisotopic (exact) mass is 382 g/mol. The summed E-state index contributed by atoms with van der Waals surface area (Å²) in [7, 11) is 1.71. The van der Waals surface area contributed by atoms with Gasteiger partial charge >= 0.3 is 5.97 Å². The molecule has 0 aliphatic carbocycles. The largest absolute Gasteiger partial charge is 0.478 e. The lowest BCUT2D eigenvalue weighted by Gasteiger charge is -2.18. The van der Waals surface area contributed by atoms with Crippen LogP contribution in [-0.2, 0) is 13.5 Å². The van der Waals surface area contributed by atoms with Gasteiger partial charge in [-0.15, -0.1) is 0 Å². The molecule has 0 saturated carbocycles. The third-order valence-corrected chi connectivity index (χ3v) is 5.46. The SMILES string of the molecule is CC(C)c1ccc(C(=O)N2CC[C@H](Cc3ccc(C(=O)O)cc3)C2)c(=O)n1C. The van der Waals surface area contributed by atoms with Gasteiger partial charge in [-0.25, -0.2) is 4.79 Å². The number of carboxylic acids is 1. The molecule has 1 aliphatic heterocycles. The number of amides is 1. The molecular weight excluding hydrogens is 356 g/mol. The van der Waals surface area contributed by atoms with Gasteiger partial charge in [0.2, 0.25) is 0 Å². The van der Waals surface area contributed by atoms with Crippen LogP contribution in [0.5, 0.6) is 0 Å². The van der Waals surface area contributed by atoms with Crippen molar-refractivity contribution in [3.05, 3.63) is 69.1 Å². The van der Waals surface area contributed by atoms with E-state index >= 15 is 0 Å². The summed E-state index contributed by atoms with van der Waals surface area (Å²) in [5.41, 5.74) is 2.21. The number of likely N-dealkylation sites (tertiary alicyclic amines) is 1. The maximum Gasteiger partial charge on any atom is 0.335 e. The summed E-state index contributed by atoms with van der Waals surface area (Å²) in [6, 6.07) is 10.4. The molecule has 28 heavy (non-hydrogen) atoms. The molecule has 1 amide bonds. The lowest BCUT2D eigenvalue weighted by Crippen LogP contribution is -2.35. The van der Waals surface area contributed by atoms with E-state index in [0.717, 1.165) is 24.1 Å². The molecule has 1 aromatic carbocycles. The van der Waals surface area contributed by atoms with Crippen LogP contribution in [-0.4, -0.2) is 39.5 Å². The number of nitrogens with zero attached hydrogens (tertiary/aromatic N) is 2. The molecule has 1 fully saturated rings. The van der Waals surface area contributed by atoms with Gasteiger partial charge in [-0.2, -0.15) is 0 Å². The van der Waals surface area contributed by atoms with E-state index in [1.807, 2.05) is 32.0 Å². The molecule has 148 valence electrons. The van der Waals surface area contributed by atoms with Gasteiger partial charge in [-0.3, -0.25) is 9.59 Å².